The van der Waals surface area contributed by atoms with E-state index in [0.717, 1.165) is 0 Å². The Bertz CT molecular complexity index is 462. The summed E-state index contributed by atoms with van der Waals surface area (Å²) >= 11 is 0. The highest BCUT2D eigenvalue weighted by Crippen LogP contribution is 2.05. The Morgan fingerprint density at radius 3 is 2.78 bits per heavy atom. The van der Waals surface area contributed by atoms with Gasteiger partial charge >= 0.3 is 5.97 Å². The molecule has 0 fully saturated rings. The summed E-state index contributed by atoms with van der Waals surface area (Å²) in [5.74, 6) is -0.372. The molecule has 1 heterocycles. The third-order valence-corrected chi connectivity index (χ3v) is 2.02. The van der Waals surface area contributed by atoms with Crippen LogP contribution < -0.4 is 5.32 Å². The predicted molar refractivity (Wildman–Crippen MR) is 63.4 cm³/mol. The van der Waals surface area contributed by atoms with E-state index < -0.39 is 5.97 Å². The SMILES string of the molecule is CCOC(=O)CCC(=O)Nc1ccc(C#N)cn1. The maximum Gasteiger partial charge on any atom is 0.306 e. The molecule has 0 bridgehead atoms. The average Bonchev–Trinajstić information content (AvgIpc) is 2.38. The van der Waals surface area contributed by atoms with Crippen LogP contribution in [0.5, 0.6) is 0 Å². The van der Waals surface area contributed by atoms with E-state index in [1.54, 1.807) is 13.0 Å². The summed E-state index contributed by atoms with van der Waals surface area (Å²) in [6, 6.07) is 5.00. The van der Waals surface area contributed by atoms with Gasteiger partial charge < -0.3 is 10.1 Å². The molecule has 1 N–H and O–H groups in total. The molecular weight excluding hydrogens is 234 g/mol. The standard InChI is InChI=1S/C12H13N3O3/c1-2-18-12(17)6-5-11(16)15-10-4-3-9(7-13)8-14-10/h3-4,8H,2,5-6H2,1H3,(H,14,15,16). The van der Waals surface area contributed by atoms with Crippen molar-refractivity contribution in [1.82, 2.24) is 4.98 Å². The van der Waals surface area contributed by atoms with Gasteiger partial charge in [-0.05, 0) is 19.1 Å². The smallest absolute Gasteiger partial charge is 0.306 e. The molecule has 0 aromatic carbocycles. The summed E-state index contributed by atoms with van der Waals surface area (Å²) in [4.78, 5) is 26.4. The summed E-state index contributed by atoms with van der Waals surface area (Å²) in [5, 5.41) is 11.1. The first-order chi connectivity index (χ1) is 8.65. The van der Waals surface area contributed by atoms with Gasteiger partial charge in [0, 0.05) is 12.6 Å². The Labute approximate surface area is 105 Å². The zero-order chi connectivity index (χ0) is 13.4. The second kappa shape index (κ2) is 7.01. The Kier molecular flexibility index (Phi) is 5.32. The topological polar surface area (TPSA) is 92.1 Å². The van der Waals surface area contributed by atoms with Gasteiger partial charge in [-0.25, -0.2) is 4.98 Å². The van der Waals surface area contributed by atoms with Crippen LogP contribution in [0, 0.1) is 11.3 Å². The van der Waals surface area contributed by atoms with E-state index >= 15 is 0 Å². The fourth-order valence-electron chi connectivity index (χ4n) is 1.19. The van der Waals surface area contributed by atoms with Crippen LogP contribution in [0.2, 0.25) is 0 Å². The lowest BCUT2D eigenvalue weighted by molar-refractivity contribution is -0.144. The molecule has 6 heteroatoms. The van der Waals surface area contributed by atoms with Crippen molar-refractivity contribution in [1.29, 1.82) is 5.26 Å². The van der Waals surface area contributed by atoms with Crippen LogP contribution in [-0.2, 0) is 14.3 Å². The summed E-state index contributed by atoms with van der Waals surface area (Å²) in [6.07, 6.45) is 1.44. The lowest BCUT2D eigenvalue weighted by Crippen LogP contribution is -2.15. The normalized spacial score (nSPS) is 9.33. The van der Waals surface area contributed by atoms with Gasteiger partial charge in [-0.1, -0.05) is 0 Å². The molecule has 0 aliphatic rings. The van der Waals surface area contributed by atoms with Crippen molar-refractivity contribution in [3.05, 3.63) is 23.9 Å². The third kappa shape index (κ3) is 4.61. The van der Waals surface area contributed by atoms with Gasteiger partial charge in [-0.15, -0.1) is 0 Å². The number of nitrogens with one attached hydrogen (secondary N) is 1. The maximum absolute atomic E-state index is 11.5. The molecular formula is C12H13N3O3. The van der Waals surface area contributed by atoms with Gasteiger partial charge in [0.1, 0.15) is 11.9 Å². The highest BCUT2D eigenvalue weighted by Gasteiger charge is 2.08. The molecule has 0 unspecified atom stereocenters. The largest absolute Gasteiger partial charge is 0.466 e. The molecule has 0 atom stereocenters. The number of nitrogens with zero attached hydrogens (tertiary/aromatic N) is 2. The van der Waals surface area contributed by atoms with E-state index in [1.807, 2.05) is 6.07 Å². The van der Waals surface area contributed by atoms with Gasteiger partial charge in [0.25, 0.3) is 0 Å². The molecule has 1 amide bonds. The van der Waals surface area contributed by atoms with Crippen LogP contribution in [0.4, 0.5) is 5.82 Å². The minimum absolute atomic E-state index is 0.0377. The van der Waals surface area contributed by atoms with Crippen LogP contribution in [0.3, 0.4) is 0 Å². The molecule has 0 aliphatic carbocycles. The Hall–Kier alpha value is -2.42. The Morgan fingerprint density at radius 1 is 1.44 bits per heavy atom. The predicted octanol–water partition coefficient (Wildman–Crippen LogP) is 1.24. The number of ether oxygens (including phenoxy) is 1. The molecule has 0 saturated carbocycles. The number of aromatic nitrogens is 1. The number of amides is 1. The number of hydrogen-bond donors (Lipinski definition) is 1. The average molecular weight is 247 g/mol. The summed E-state index contributed by atoms with van der Waals surface area (Å²) in [7, 11) is 0. The highest BCUT2D eigenvalue weighted by molar-refractivity contribution is 5.91. The monoisotopic (exact) mass is 247 g/mol. The van der Waals surface area contributed by atoms with Gasteiger partial charge in [-0.2, -0.15) is 5.26 Å². The summed E-state index contributed by atoms with van der Waals surface area (Å²) in [5.41, 5.74) is 0.416. The molecule has 0 spiro atoms. The lowest BCUT2D eigenvalue weighted by Gasteiger charge is -2.04. The summed E-state index contributed by atoms with van der Waals surface area (Å²) < 4.78 is 4.70. The van der Waals surface area contributed by atoms with Crippen molar-refractivity contribution >= 4 is 17.7 Å². The number of rotatable bonds is 5. The molecule has 0 aliphatic heterocycles. The number of esters is 1. The summed E-state index contributed by atoms with van der Waals surface area (Å²) in [6.45, 7) is 2.01. The van der Waals surface area contributed by atoms with E-state index in [9.17, 15) is 9.59 Å². The van der Waals surface area contributed by atoms with Gasteiger partial charge in [0.05, 0.1) is 18.6 Å². The number of anilines is 1. The minimum atomic E-state index is -0.402. The van der Waals surface area contributed by atoms with E-state index in [1.165, 1.54) is 12.3 Å². The molecule has 94 valence electrons. The Morgan fingerprint density at radius 2 is 2.22 bits per heavy atom. The Balaban J connectivity index is 2.40. The van der Waals surface area contributed by atoms with Crippen molar-refractivity contribution in [2.75, 3.05) is 11.9 Å². The number of carbonyl (C=O) groups excluding carboxylic acids is 2. The van der Waals surface area contributed by atoms with Gasteiger partial charge in [-0.3, -0.25) is 9.59 Å². The molecule has 18 heavy (non-hydrogen) atoms. The van der Waals surface area contributed by atoms with Crippen molar-refractivity contribution in [2.24, 2.45) is 0 Å². The van der Waals surface area contributed by atoms with Crippen molar-refractivity contribution in [3.8, 4) is 6.07 Å². The maximum atomic E-state index is 11.5. The van der Waals surface area contributed by atoms with Crippen LogP contribution in [0.15, 0.2) is 18.3 Å². The fourth-order valence-corrected chi connectivity index (χ4v) is 1.19. The van der Waals surface area contributed by atoms with E-state index in [4.69, 9.17) is 10.00 Å². The number of hydrogen-bond acceptors (Lipinski definition) is 5. The van der Waals surface area contributed by atoms with Crippen molar-refractivity contribution < 1.29 is 14.3 Å². The zero-order valence-corrected chi connectivity index (χ0v) is 9.97. The number of pyridine rings is 1. The van der Waals surface area contributed by atoms with Crippen LogP contribution in [-0.4, -0.2) is 23.5 Å². The van der Waals surface area contributed by atoms with E-state index in [0.29, 0.717) is 18.0 Å². The van der Waals surface area contributed by atoms with Crippen molar-refractivity contribution in [3.63, 3.8) is 0 Å². The molecule has 1 rings (SSSR count). The molecule has 0 saturated heterocycles. The highest BCUT2D eigenvalue weighted by atomic mass is 16.5. The number of nitriles is 1. The first kappa shape index (κ1) is 13.6. The minimum Gasteiger partial charge on any atom is -0.466 e. The lowest BCUT2D eigenvalue weighted by atomic mass is 10.3. The molecule has 0 radical (unpaired) electrons. The van der Waals surface area contributed by atoms with E-state index in [2.05, 4.69) is 10.3 Å². The van der Waals surface area contributed by atoms with Gasteiger partial charge in [0.15, 0.2) is 0 Å². The molecule has 6 nitrogen and oxygen atoms in total. The van der Waals surface area contributed by atoms with Crippen LogP contribution in [0.25, 0.3) is 0 Å². The zero-order valence-electron chi connectivity index (χ0n) is 9.97. The second-order valence-electron chi connectivity index (χ2n) is 3.40. The van der Waals surface area contributed by atoms with E-state index in [-0.39, 0.29) is 18.7 Å². The third-order valence-electron chi connectivity index (χ3n) is 2.02. The molecule has 1 aromatic rings. The fraction of sp³-hybridized carbons (Fsp3) is 0.333. The first-order valence-electron chi connectivity index (χ1n) is 5.47. The number of carbonyl (C=O) groups is 2. The van der Waals surface area contributed by atoms with Gasteiger partial charge in [0.2, 0.25) is 5.91 Å². The van der Waals surface area contributed by atoms with Crippen LogP contribution in [0.1, 0.15) is 25.3 Å². The van der Waals surface area contributed by atoms with Crippen molar-refractivity contribution in [2.45, 2.75) is 19.8 Å². The first-order valence-corrected chi connectivity index (χ1v) is 5.47. The van der Waals surface area contributed by atoms with Crippen LogP contribution >= 0.6 is 0 Å². The second-order valence-corrected chi connectivity index (χ2v) is 3.40. The quantitative estimate of drug-likeness (QED) is 0.790. The molecule has 1 aromatic heterocycles.